The summed E-state index contributed by atoms with van der Waals surface area (Å²) < 4.78 is 5.98. The molecule has 2 rings (SSSR count). The minimum Gasteiger partial charge on any atom is -0.544 e. The van der Waals surface area contributed by atoms with Gasteiger partial charge >= 0.3 is 0 Å². The summed E-state index contributed by atoms with van der Waals surface area (Å²) in [5.41, 5.74) is 2.08. The van der Waals surface area contributed by atoms with Crippen molar-refractivity contribution in [3.05, 3.63) is 72.8 Å². The topological polar surface area (TPSA) is 9.23 Å². The lowest BCUT2D eigenvalue weighted by molar-refractivity contribution is 0.603. The summed E-state index contributed by atoms with van der Waals surface area (Å²) in [6.45, 7) is 7.65. The first-order chi connectivity index (χ1) is 8.85. The lowest BCUT2D eigenvalue weighted by atomic mass is 10.1. The second kappa shape index (κ2) is 6.03. The van der Waals surface area contributed by atoms with Crippen molar-refractivity contribution in [2.75, 3.05) is 0 Å². The fraction of sp³-hybridized carbons (Fsp3) is 0. The molecule has 0 saturated carbocycles. The molecule has 0 aliphatic carbocycles. The first kappa shape index (κ1) is 12.4. The van der Waals surface area contributed by atoms with Gasteiger partial charge in [-0.2, -0.15) is 0 Å². The number of benzene rings is 2. The highest BCUT2D eigenvalue weighted by Gasteiger charge is 2.04. The van der Waals surface area contributed by atoms with Gasteiger partial charge < -0.3 is 4.43 Å². The molecule has 0 amide bonds. The maximum absolute atomic E-state index is 5.98. The molecule has 2 aromatic rings. The van der Waals surface area contributed by atoms with Crippen LogP contribution in [-0.2, 0) is 0 Å². The fourth-order valence-electron chi connectivity index (χ4n) is 1.82. The normalized spacial score (nSPS) is 10.4. The molecule has 0 aliphatic heterocycles. The summed E-state index contributed by atoms with van der Waals surface area (Å²) >= 11 is 0. The maximum atomic E-state index is 5.98. The number of hydrogen-bond donors (Lipinski definition) is 0. The van der Waals surface area contributed by atoms with Crippen LogP contribution >= 0.6 is 0 Å². The molecule has 0 heterocycles. The van der Waals surface area contributed by atoms with Crippen molar-refractivity contribution in [2.45, 2.75) is 0 Å². The molecule has 0 atom stereocenters. The van der Waals surface area contributed by atoms with Gasteiger partial charge in [0.1, 0.15) is 5.75 Å². The van der Waals surface area contributed by atoms with Crippen LogP contribution in [0.1, 0.15) is 11.1 Å². The zero-order valence-electron chi connectivity index (χ0n) is 10.3. The second-order valence-electron chi connectivity index (χ2n) is 3.94. The van der Waals surface area contributed by atoms with Gasteiger partial charge in [0.15, 0.2) is 0 Å². The third-order valence-corrected chi connectivity index (χ3v) is 4.02. The lowest BCUT2D eigenvalue weighted by Crippen LogP contribution is -2.20. The van der Waals surface area contributed by atoms with Crippen LogP contribution in [0.4, 0.5) is 0 Å². The summed E-state index contributed by atoms with van der Waals surface area (Å²) in [5, 5.41) is 1.29. The maximum Gasteiger partial charge on any atom is 0.251 e. The predicted octanol–water partition coefficient (Wildman–Crippen LogP) is 2.76. The Balaban J connectivity index is 2.19. The van der Waals surface area contributed by atoms with E-state index < -0.39 is 9.76 Å². The van der Waals surface area contributed by atoms with Crippen molar-refractivity contribution in [1.82, 2.24) is 0 Å². The smallest absolute Gasteiger partial charge is 0.251 e. The second-order valence-corrected chi connectivity index (χ2v) is 5.34. The third-order valence-electron chi connectivity index (χ3n) is 2.76. The van der Waals surface area contributed by atoms with Crippen molar-refractivity contribution in [3.8, 4) is 5.75 Å². The van der Waals surface area contributed by atoms with E-state index in [1.54, 1.807) is 0 Å². The van der Waals surface area contributed by atoms with E-state index in [9.17, 15) is 0 Å². The molecular formula is C16H16OSi. The first-order valence-electron chi connectivity index (χ1n) is 5.89. The molecule has 1 nitrogen and oxygen atoms in total. The molecule has 0 N–H and O–H groups in total. The summed E-state index contributed by atoms with van der Waals surface area (Å²) in [6.07, 6.45) is 3.65. The minimum atomic E-state index is -0.746. The van der Waals surface area contributed by atoms with Gasteiger partial charge in [0.2, 0.25) is 0 Å². The van der Waals surface area contributed by atoms with E-state index in [1.807, 2.05) is 48.6 Å². The van der Waals surface area contributed by atoms with E-state index in [2.05, 4.69) is 25.3 Å². The van der Waals surface area contributed by atoms with Gasteiger partial charge in [-0.1, -0.05) is 67.8 Å². The molecule has 0 unspecified atom stereocenters. The van der Waals surface area contributed by atoms with Gasteiger partial charge in [0.25, 0.3) is 9.76 Å². The van der Waals surface area contributed by atoms with Crippen LogP contribution in [0.2, 0.25) is 0 Å². The van der Waals surface area contributed by atoms with E-state index in [-0.39, 0.29) is 0 Å². The van der Waals surface area contributed by atoms with Crippen molar-refractivity contribution in [3.63, 3.8) is 0 Å². The highest BCUT2D eigenvalue weighted by atomic mass is 28.2. The Hall–Kier alpha value is -2.06. The average Bonchev–Trinajstić information content (AvgIpc) is 2.45. The lowest BCUT2D eigenvalue weighted by Gasteiger charge is -2.11. The van der Waals surface area contributed by atoms with Crippen LogP contribution in [0.25, 0.3) is 12.2 Å². The predicted molar refractivity (Wildman–Crippen MR) is 81.9 cm³/mol. The Labute approximate surface area is 110 Å². The van der Waals surface area contributed by atoms with Gasteiger partial charge in [-0.25, -0.2) is 0 Å². The van der Waals surface area contributed by atoms with Gasteiger partial charge in [0.05, 0.1) is 0 Å². The van der Waals surface area contributed by atoms with Crippen LogP contribution in [0.3, 0.4) is 0 Å². The Morgan fingerprint density at radius 2 is 1.67 bits per heavy atom. The molecule has 0 radical (unpaired) electrons. The highest BCUT2D eigenvalue weighted by molar-refractivity contribution is 6.47. The van der Waals surface area contributed by atoms with Crippen LogP contribution < -0.4 is 9.61 Å². The van der Waals surface area contributed by atoms with E-state index in [4.69, 9.17) is 4.43 Å². The number of rotatable bonds is 5. The first-order valence-corrected chi connectivity index (χ1v) is 7.18. The van der Waals surface area contributed by atoms with Crippen molar-refractivity contribution < 1.29 is 4.43 Å². The zero-order valence-corrected chi connectivity index (χ0v) is 11.7. The molecule has 90 valence electrons. The van der Waals surface area contributed by atoms with Gasteiger partial charge in [-0.3, -0.25) is 0 Å². The van der Waals surface area contributed by atoms with Crippen LogP contribution in [-0.4, -0.2) is 9.76 Å². The fourth-order valence-corrected chi connectivity index (χ4v) is 2.86. The monoisotopic (exact) mass is 252 g/mol. The molecule has 0 aliphatic rings. The van der Waals surface area contributed by atoms with E-state index >= 15 is 0 Å². The summed E-state index contributed by atoms with van der Waals surface area (Å²) in [4.78, 5) is 0. The molecular weight excluding hydrogens is 236 g/mol. The molecule has 0 aromatic heterocycles. The average molecular weight is 252 g/mol. The molecule has 2 aromatic carbocycles. The van der Waals surface area contributed by atoms with Crippen molar-refractivity contribution in [2.24, 2.45) is 0 Å². The molecule has 0 saturated heterocycles. The van der Waals surface area contributed by atoms with E-state index in [0.29, 0.717) is 0 Å². The zero-order chi connectivity index (χ0) is 12.8. The quantitative estimate of drug-likeness (QED) is 0.744. The SMILES string of the molecule is C=Cc1cccc(O[SiH2]c2ccccc2)c1C=C. The van der Waals surface area contributed by atoms with E-state index in [0.717, 1.165) is 16.9 Å². The van der Waals surface area contributed by atoms with Gasteiger partial charge in [-0.05, 0) is 16.8 Å². The van der Waals surface area contributed by atoms with Crippen LogP contribution in [0, 0.1) is 0 Å². The largest absolute Gasteiger partial charge is 0.544 e. The van der Waals surface area contributed by atoms with Gasteiger partial charge in [0, 0.05) is 5.56 Å². The standard InChI is InChI=1S/C16H16OSi/c1-3-13-9-8-12-16(15(13)4-2)17-18-14-10-6-5-7-11-14/h3-12H,1-2,18H2. The molecule has 0 fully saturated rings. The highest BCUT2D eigenvalue weighted by Crippen LogP contribution is 2.24. The summed E-state index contributed by atoms with van der Waals surface area (Å²) in [6, 6.07) is 16.3. The summed E-state index contributed by atoms with van der Waals surface area (Å²) in [5.74, 6) is 0.901. The summed E-state index contributed by atoms with van der Waals surface area (Å²) in [7, 11) is -0.746. The Bertz CT molecular complexity index is 546. The number of hydrogen-bond acceptors (Lipinski definition) is 1. The minimum absolute atomic E-state index is 0.746. The van der Waals surface area contributed by atoms with Crippen LogP contribution in [0.5, 0.6) is 5.75 Å². The van der Waals surface area contributed by atoms with Gasteiger partial charge in [-0.15, -0.1) is 0 Å². The van der Waals surface area contributed by atoms with E-state index in [1.165, 1.54) is 5.19 Å². The Morgan fingerprint density at radius 1 is 0.889 bits per heavy atom. The molecule has 2 heteroatoms. The van der Waals surface area contributed by atoms with Crippen molar-refractivity contribution >= 4 is 27.1 Å². The Kier molecular flexibility index (Phi) is 4.15. The van der Waals surface area contributed by atoms with Crippen molar-refractivity contribution in [1.29, 1.82) is 0 Å². The molecule has 0 bridgehead atoms. The molecule has 18 heavy (non-hydrogen) atoms. The van der Waals surface area contributed by atoms with Crippen LogP contribution in [0.15, 0.2) is 61.7 Å². The molecule has 0 spiro atoms. The third kappa shape index (κ3) is 2.79. The Morgan fingerprint density at radius 3 is 2.33 bits per heavy atom.